The summed E-state index contributed by atoms with van der Waals surface area (Å²) in [5.41, 5.74) is 0.827. The molecule has 7 heteroatoms. The number of aryl methyl sites for hydroxylation is 1. The topological polar surface area (TPSA) is 81.9 Å². The first kappa shape index (κ1) is 15.6. The minimum absolute atomic E-state index is 0.0407. The number of rotatable bonds is 5. The summed E-state index contributed by atoms with van der Waals surface area (Å²) in [5, 5.41) is 2.79. The van der Waals surface area contributed by atoms with Gasteiger partial charge >= 0.3 is 0 Å². The Balaban J connectivity index is 1.60. The van der Waals surface area contributed by atoms with Crippen molar-refractivity contribution in [3.63, 3.8) is 0 Å². The molecule has 0 saturated carbocycles. The maximum atomic E-state index is 12.0. The van der Waals surface area contributed by atoms with Crippen molar-refractivity contribution in [3.05, 3.63) is 36.3 Å². The molecule has 1 fully saturated rings. The molecule has 2 atom stereocenters. The van der Waals surface area contributed by atoms with Crippen LogP contribution in [0.1, 0.15) is 37.3 Å². The molecule has 7 nitrogen and oxygen atoms in total. The monoisotopic (exact) mass is 315 g/mol. The highest BCUT2D eigenvalue weighted by Crippen LogP contribution is 2.18. The standard InChI is InChI=1S/C16H21N5O2/c1-11(21-5-4-17-12(21)2)14-8-19-15(9-18-14)20-16(22)7-13-3-6-23-10-13/h4-5,8-9,11,13H,3,6-7,10H2,1-2H3,(H,19,20,22)/t11?,13-/m1/s1. The quantitative estimate of drug-likeness (QED) is 0.912. The number of carbonyl (C=O) groups excluding carboxylic acids is 1. The molecule has 0 radical (unpaired) electrons. The normalized spacial score (nSPS) is 18.8. The molecule has 2 aromatic heterocycles. The number of nitrogens with zero attached hydrogens (tertiary/aromatic N) is 4. The number of hydrogen-bond acceptors (Lipinski definition) is 5. The van der Waals surface area contributed by atoms with E-state index in [4.69, 9.17) is 4.74 Å². The number of ether oxygens (including phenoxy) is 1. The van der Waals surface area contributed by atoms with Gasteiger partial charge in [0.1, 0.15) is 5.82 Å². The summed E-state index contributed by atoms with van der Waals surface area (Å²) >= 11 is 0. The lowest BCUT2D eigenvalue weighted by molar-refractivity contribution is -0.117. The Morgan fingerprint density at radius 2 is 2.30 bits per heavy atom. The lowest BCUT2D eigenvalue weighted by Crippen LogP contribution is -2.18. The molecule has 122 valence electrons. The van der Waals surface area contributed by atoms with Gasteiger partial charge < -0.3 is 14.6 Å². The Labute approximate surface area is 135 Å². The number of anilines is 1. The van der Waals surface area contributed by atoms with Crippen molar-refractivity contribution in [3.8, 4) is 0 Å². The van der Waals surface area contributed by atoms with E-state index in [0.717, 1.165) is 24.5 Å². The summed E-state index contributed by atoms with van der Waals surface area (Å²) in [6.07, 6.45) is 8.38. The molecule has 1 unspecified atom stereocenters. The largest absolute Gasteiger partial charge is 0.381 e. The Hall–Kier alpha value is -2.28. The van der Waals surface area contributed by atoms with E-state index in [1.165, 1.54) is 0 Å². The van der Waals surface area contributed by atoms with E-state index in [9.17, 15) is 4.79 Å². The van der Waals surface area contributed by atoms with Gasteiger partial charge in [0.2, 0.25) is 5.91 Å². The van der Waals surface area contributed by atoms with Gasteiger partial charge in [0.15, 0.2) is 5.82 Å². The molecule has 0 aliphatic carbocycles. The fourth-order valence-electron chi connectivity index (χ4n) is 2.76. The summed E-state index contributed by atoms with van der Waals surface area (Å²) in [4.78, 5) is 24.9. The van der Waals surface area contributed by atoms with E-state index >= 15 is 0 Å². The van der Waals surface area contributed by atoms with Crippen molar-refractivity contribution in [1.29, 1.82) is 0 Å². The van der Waals surface area contributed by atoms with Crippen LogP contribution in [-0.4, -0.2) is 38.6 Å². The third-order valence-corrected chi connectivity index (χ3v) is 4.14. The molecule has 2 aromatic rings. The highest BCUT2D eigenvalue weighted by molar-refractivity contribution is 5.89. The summed E-state index contributed by atoms with van der Waals surface area (Å²) in [6, 6.07) is 0.0467. The van der Waals surface area contributed by atoms with Crippen molar-refractivity contribution < 1.29 is 9.53 Å². The SMILES string of the molecule is Cc1nccn1C(C)c1cnc(NC(=O)C[C@H]2CCOC2)cn1. The first-order valence-electron chi connectivity index (χ1n) is 7.82. The molecule has 1 N–H and O–H groups in total. The fraction of sp³-hybridized carbons (Fsp3) is 0.500. The lowest BCUT2D eigenvalue weighted by Gasteiger charge is -2.14. The summed E-state index contributed by atoms with van der Waals surface area (Å²) < 4.78 is 7.31. The van der Waals surface area contributed by atoms with Gasteiger partial charge in [-0.15, -0.1) is 0 Å². The predicted molar refractivity (Wildman–Crippen MR) is 85.0 cm³/mol. The van der Waals surface area contributed by atoms with Gasteiger partial charge in [-0.05, 0) is 26.2 Å². The van der Waals surface area contributed by atoms with E-state index < -0.39 is 0 Å². The Kier molecular flexibility index (Phi) is 4.66. The van der Waals surface area contributed by atoms with Gasteiger partial charge in [-0.25, -0.2) is 9.97 Å². The second-order valence-corrected chi connectivity index (χ2v) is 5.87. The van der Waals surface area contributed by atoms with Crippen LogP contribution in [0.4, 0.5) is 5.82 Å². The van der Waals surface area contributed by atoms with E-state index in [1.807, 2.05) is 24.6 Å². The number of aromatic nitrogens is 4. The molecule has 23 heavy (non-hydrogen) atoms. The van der Waals surface area contributed by atoms with Gasteiger partial charge in [0.25, 0.3) is 0 Å². The first-order chi connectivity index (χ1) is 11.1. The van der Waals surface area contributed by atoms with Gasteiger partial charge in [-0.1, -0.05) is 0 Å². The first-order valence-corrected chi connectivity index (χ1v) is 7.82. The van der Waals surface area contributed by atoms with E-state index in [0.29, 0.717) is 24.8 Å². The lowest BCUT2D eigenvalue weighted by atomic mass is 10.1. The fourth-order valence-corrected chi connectivity index (χ4v) is 2.76. The number of nitrogens with one attached hydrogen (secondary N) is 1. The summed E-state index contributed by atoms with van der Waals surface area (Å²) in [5.74, 6) is 1.68. The zero-order chi connectivity index (χ0) is 16.2. The number of hydrogen-bond donors (Lipinski definition) is 1. The molecule has 3 heterocycles. The van der Waals surface area contributed by atoms with Gasteiger partial charge in [-0.2, -0.15) is 0 Å². The van der Waals surface area contributed by atoms with Gasteiger partial charge in [0.05, 0.1) is 24.1 Å². The average molecular weight is 315 g/mol. The van der Waals surface area contributed by atoms with Crippen LogP contribution in [0.2, 0.25) is 0 Å². The average Bonchev–Trinajstić information content (AvgIpc) is 3.19. The van der Waals surface area contributed by atoms with Crippen LogP contribution >= 0.6 is 0 Å². The van der Waals surface area contributed by atoms with Crippen molar-refractivity contribution >= 4 is 11.7 Å². The molecule has 1 aliphatic rings. The molecule has 0 spiro atoms. The van der Waals surface area contributed by atoms with E-state index in [2.05, 4.69) is 20.3 Å². The molecular formula is C16H21N5O2. The highest BCUT2D eigenvalue weighted by Gasteiger charge is 2.19. The minimum Gasteiger partial charge on any atom is -0.381 e. The molecule has 1 saturated heterocycles. The molecule has 0 aromatic carbocycles. The maximum absolute atomic E-state index is 12.0. The van der Waals surface area contributed by atoms with Gasteiger partial charge in [0, 0.05) is 32.0 Å². The molecule has 1 aliphatic heterocycles. The Bertz CT molecular complexity index is 661. The van der Waals surface area contributed by atoms with Crippen molar-refractivity contribution in [1.82, 2.24) is 19.5 Å². The third kappa shape index (κ3) is 3.73. The Morgan fingerprint density at radius 1 is 1.43 bits per heavy atom. The molecule has 1 amide bonds. The van der Waals surface area contributed by atoms with Crippen LogP contribution in [-0.2, 0) is 9.53 Å². The summed E-state index contributed by atoms with van der Waals surface area (Å²) in [7, 11) is 0. The minimum atomic E-state index is -0.0407. The second kappa shape index (κ2) is 6.87. The van der Waals surface area contributed by atoms with Crippen LogP contribution in [0.15, 0.2) is 24.8 Å². The van der Waals surface area contributed by atoms with Crippen molar-refractivity contribution in [2.75, 3.05) is 18.5 Å². The predicted octanol–water partition coefficient (Wildman–Crippen LogP) is 1.96. The third-order valence-electron chi connectivity index (χ3n) is 4.14. The zero-order valence-electron chi connectivity index (χ0n) is 13.4. The highest BCUT2D eigenvalue weighted by atomic mass is 16.5. The van der Waals surface area contributed by atoms with Crippen molar-refractivity contribution in [2.45, 2.75) is 32.7 Å². The second-order valence-electron chi connectivity index (χ2n) is 5.87. The van der Waals surface area contributed by atoms with Crippen molar-refractivity contribution in [2.24, 2.45) is 5.92 Å². The van der Waals surface area contributed by atoms with Crippen LogP contribution in [0, 0.1) is 12.8 Å². The molecule has 0 bridgehead atoms. The van der Waals surface area contributed by atoms with Crippen LogP contribution in [0.3, 0.4) is 0 Å². The Morgan fingerprint density at radius 3 is 2.91 bits per heavy atom. The molecular weight excluding hydrogens is 294 g/mol. The zero-order valence-corrected chi connectivity index (χ0v) is 13.4. The summed E-state index contributed by atoms with van der Waals surface area (Å²) in [6.45, 7) is 5.40. The van der Waals surface area contributed by atoms with Crippen LogP contribution < -0.4 is 5.32 Å². The van der Waals surface area contributed by atoms with Crippen LogP contribution in [0.5, 0.6) is 0 Å². The molecule has 3 rings (SSSR count). The number of carbonyl (C=O) groups is 1. The maximum Gasteiger partial charge on any atom is 0.225 e. The number of amides is 1. The van der Waals surface area contributed by atoms with Gasteiger partial charge in [-0.3, -0.25) is 9.78 Å². The van der Waals surface area contributed by atoms with E-state index in [-0.39, 0.29) is 11.9 Å². The smallest absolute Gasteiger partial charge is 0.225 e. The number of imidazole rings is 1. The van der Waals surface area contributed by atoms with E-state index in [1.54, 1.807) is 18.6 Å². The van der Waals surface area contributed by atoms with Crippen LogP contribution in [0.25, 0.3) is 0 Å².